The summed E-state index contributed by atoms with van der Waals surface area (Å²) in [6, 6.07) is 5.48. The van der Waals surface area contributed by atoms with E-state index in [4.69, 9.17) is 33.8 Å². The van der Waals surface area contributed by atoms with Crippen LogP contribution in [0.2, 0.25) is 10.0 Å². The van der Waals surface area contributed by atoms with Crippen LogP contribution in [0.3, 0.4) is 0 Å². The van der Waals surface area contributed by atoms with Gasteiger partial charge in [-0.25, -0.2) is 0 Å². The average molecular weight is 291 g/mol. The number of hydrogen-bond acceptors (Lipinski definition) is 3. The first-order valence-electron chi connectivity index (χ1n) is 5.86. The van der Waals surface area contributed by atoms with Crippen molar-refractivity contribution >= 4 is 23.2 Å². The summed E-state index contributed by atoms with van der Waals surface area (Å²) in [7, 11) is 0. The molecule has 0 heterocycles. The van der Waals surface area contributed by atoms with Crippen LogP contribution in [0.1, 0.15) is 26.3 Å². The quantitative estimate of drug-likeness (QED) is 0.647. The molecule has 0 spiro atoms. The van der Waals surface area contributed by atoms with Crippen LogP contribution in [0, 0.1) is 0 Å². The van der Waals surface area contributed by atoms with Crippen LogP contribution in [-0.2, 0) is 11.2 Å². The smallest absolute Gasteiger partial charge is 0.0643 e. The third-order valence-electron chi connectivity index (χ3n) is 2.43. The Kier molecular flexibility index (Phi) is 5.89. The highest BCUT2D eigenvalue weighted by Crippen LogP contribution is 2.22. The molecule has 1 aromatic rings. The van der Waals surface area contributed by atoms with Crippen molar-refractivity contribution in [2.75, 3.05) is 6.61 Å². The summed E-state index contributed by atoms with van der Waals surface area (Å²) in [6.07, 6.45) is 0.697. The summed E-state index contributed by atoms with van der Waals surface area (Å²) in [5, 5.41) is 1.28. The lowest BCUT2D eigenvalue weighted by Gasteiger charge is -2.24. The number of ether oxygens (including phenoxy) is 1. The van der Waals surface area contributed by atoms with Crippen LogP contribution < -0.4 is 11.3 Å². The van der Waals surface area contributed by atoms with Gasteiger partial charge < -0.3 is 4.74 Å². The Hall–Kier alpha value is -0.320. The minimum Gasteiger partial charge on any atom is -0.374 e. The predicted molar refractivity (Wildman–Crippen MR) is 77.0 cm³/mol. The Morgan fingerprint density at radius 1 is 1.33 bits per heavy atom. The van der Waals surface area contributed by atoms with Gasteiger partial charge >= 0.3 is 0 Å². The van der Waals surface area contributed by atoms with Crippen LogP contribution in [-0.4, -0.2) is 18.2 Å². The van der Waals surface area contributed by atoms with Crippen molar-refractivity contribution in [1.29, 1.82) is 0 Å². The van der Waals surface area contributed by atoms with E-state index in [1.165, 1.54) is 0 Å². The number of nitrogens with two attached hydrogens (primary N) is 1. The van der Waals surface area contributed by atoms with E-state index in [0.29, 0.717) is 23.1 Å². The van der Waals surface area contributed by atoms with E-state index in [1.807, 2.05) is 32.9 Å². The molecule has 0 aliphatic heterocycles. The monoisotopic (exact) mass is 290 g/mol. The molecule has 0 amide bonds. The van der Waals surface area contributed by atoms with E-state index in [0.717, 1.165) is 5.56 Å². The summed E-state index contributed by atoms with van der Waals surface area (Å²) in [5.41, 5.74) is 3.57. The lowest BCUT2D eigenvalue weighted by Crippen LogP contribution is -2.42. The maximum Gasteiger partial charge on any atom is 0.0643 e. The van der Waals surface area contributed by atoms with Gasteiger partial charge in [0.05, 0.1) is 12.2 Å². The Bertz CT molecular complexity index is 391. The van der Waals surface area contributed by atoms with Crippen LogP contribution in [0.25, 0.3) is 0 Å². The number of hydrogen-bond donors (Lipinski definition) is 2. The molecule has 0 bridgehead atoms. The molecule has 0 aromatic heterocycles. The number of rotatable bonds is 5. The van der Waals surface area contributed by atoms with Crippen molar-refractivity contribution in [2.24, 2.45) is 5.84 Å². The van der Waals surface area contributed by atoms with Gasteiger partial charge in [0.2, 0.25) is 0 Å². The SMILES string of the molecule is CC(C)(C)OCC(Cc1ccc(Cl)cc1Cl)NN. The van der Waals surface area contributed by atoms with Crippen molar-refractivity contribution in [2.45, 2.75) is 38.8 Å². The zero-order valence-corrected chi connectivity index (χ0v) is 12.5. The first-order chi connectivity index (χ1) is 8.31. The van der Waals surface area contributed by atoms with Gasteiger partial charge in [-0.05, 0) is 44.9 Å². The lowest BCUT2D eigenvalue weighted by atomic mass is 10.1. The molecule has 102 valence electrons. The Labute approximate surface area is 119 Å². The highest BCUT2D eigenvalue weighted by Gasteiger charge is 2.16. The fourth-order valence-corrected chi connectivity index (χ4v) is 1.95. The third-order valence-corrected chi connectivity index (χ3v) is 3.02. The van der Waals surface area contributed by atoms with Gasteiger partial charge in [-0.15, -0.1) is 0 Å². The highest BCUT2D eigenvalue weighted by atomic mass is 35.5. The molecule has 0 fully saturated rings. The van der Waals surface area contributed by atoms with Crippen LogP contribution in [0.15, 0.2) is 18.2 Å². The molecular formula is C13H20Cl2N2O. The Morgan fingerprint density at radius 3 is 2.50 bits per heavy atom. The largest absolute Gasteiger partial charge is 0.374 e. The predicted octanol–water partition coefficient (Wildman–Crippen LogP) is 3.18. The first-order valence-corrected chi connectivity index (χ1v) is 6.61. The average Bonchev–Trinajstić information content (AvgIpc) is 2.25. The van der Waals surface area contributed by atoms with E-state index >= 15 is 0 Å². The van der Waals surface area contributed by atoms with Gasteiger partial charge in [0.25, 0.3) is 0 Å². The van der Waals surface area contributed by atoms with E-state index in [-0.39, 0.29) is 11.6 Å². The molecule has 0 aliphatic rings. The van der Waals surface area contributed by atoms with E-state index < -0.39 is 0 Å². The number of halogens is 2. The fraction of sp³-hybridized carbons (Fsp3) is 0.538. The molecule has 0 aliphatic carbocycles. The van der Waals surface area contributed by atoms with Crippen molar-refractivity contribution in [3.05, 3.63) is 33.8 Å². The fourth-order valence-electron chi connectivity index (χ4n) is 1.47. The van der Waals surface area contributed by atoms with Crippen LogP contribution >= 0.6 is 23.2 Å². The number of hydrazine groups is 1. The van der Waals surface area contributed by atoms with Gasteiger partial charge in [-0.3, -0.25) is 11.3 Å². The topological polar surface area (TPSA) is 47.3 Å². The highest BCUT2D eigenvalue weighted by molar-refractivity contribution is 6.35. The van der Waals surface area contributed by atoms with Crippen molar-refractivity contribution in [1.82, 2.24) is 5.43 Å². The van der Waals surface area contributed by atoms with Crippen LogP contribution in [0.5, 0.6) is 0 Å². The standard InChI is InChI=1S/C13H20Cl2N2O/c1-13(2,3)18-8-11(17-16)6-9-4-5-10(14)7-12(9)15/h4-5,7,11,17H,6,8,16H2,1-3H3. The molecule has 1 rings (SSSR count). The van der Waals surface area contributed by atoms with Crippen LogP contribution in [0.4, 0.5) is 0 Å². The Morgan fingerprint density at radius 2 is 2.00 bits per heavy atom. The molecule has 0 radical (unpaired) electrons. The minimum absolute atomic E-state index is 0.0166. The maximum atomic E-state index is 6.13. The molecule has 1 unspecified atom stereocenters. The van der Waals surface area contributed by atoms with E-state index in [9.17, 15) is 0 Å². The zero-order chi connectivity index (χ0) is 13.8. The van der Waals surface area contributed by atoms with Crippen molar-refractivity contribution in [3.63, 3.8) is 0 Å². The molecule has 18 heavy (non-hydrogen) atoms. The second kappa shape index (κ2) is 6.73. The van der Waals surface area contributed by atoms with Gasteiger partial charge in [0.1, 0.15) is 0 Å². The van der Waals surface area contributed by atoms with Crippen molar-refractivity contribution in [3.8, 4) is 0 Å². The molecule has 5 heteroatoms. The second-order valence-electron chi connectivity index (χ2n) is 5.23. The molecule has 3 nitrogen and oxygen atoms in total. The van der Waals surface area contributed by atoms with Gasteiger partial charge in [0, 0.05) is 16.1 Å². The Balaban J connectivity index is 2.62. The molecule has 3 N–H and O–H groups in total. The van der Waals surface area contributed by atoms with E-state index in [2.05, 4.69) is 5.43 Å². The number of nitrogens with one attached hydrogen (secondary N) is 1. The second-order valence-corrected chi connectivity index (χ2v) is 6.07. The molecule has 0 saturated heterocycles. The summed E-state index contributed by atoms with van der Waals surface area (Å²) in [4.78, 5) is 0. The third kappa shape index (κ3) is 5.55. The van der Waals surface area contributed by atoms with Gasteiger partial charge in [-0.2, -0.15) is 0 Å². The molecule has 1 atom stereocenters. The summed E-state index contributed by atoms with van der Waals surface area (Å²) < 4.78 is 5.71. The van der Waals surface area contributed by atoms with E-state index in [1.54, 1.807) is 6.07 Å². The summed E-state index contributed by atoms with van der Waals surface area (Å²) in [6.45, 7) is 6.56. The summed E-state index contributed by atoms with van der Waals surface area (Å²) in [5.74, 6) is 5.53. The van der Waals surface area contributed by atoms with Gasteiger partial charge in [-0.1, -0.05) is 29.3 Å². The summed E-state index contributed by atoms with van der Waals surface area (Å²) >= 11 is 12.0. The zero-order valence-electron chi connectivity index (χ0n) is 11.0. The molecular weight excluding hydrogens is 271 g/mol. The number of benzene rings is 1. The van der Waals surface area contributed by atoms with Gasteiger partial charge in [0.15, 0.2) is 0 Å². The normalized spacial score (nSPS) is 13.7. The lowest BCUT2D eigenvalue weighted by molar-refractivity contribution is -0.0143. The molecule has 1 aromatic carbocycles. The first kappa shape index (κ1) is 15.7. The molecule has 0 saturated carbocycles. The minimum atomic E-state index is -0.182. The van der Waals surface area contributed by atoms with Crippen molar-refractivity contribution < 1.29 is 4.74 Å². The maximum absolute atomic E-state index is 6.13.